The van der Waals surface area contributed by atoms with E-state index in [1.54, 1.807) is 0 Å². The zero-order chi connectivity index (χ0) is 8.55. The van der Waals surface area contributed by atoms with Crippen molar-refractivity contribution in [2.45, 2.75) is 13.3 Å². The minimum Gasteiger partial charge on any atom is -0.399 e. The van der Waals surface area contributed by atoms with Crippen LogP contribution >= 0.6 is 0 Å². The molecule has 0 unspecified atom stereocenters. The van der Waals surface area contributed by atoms with Gasteiger partial charge >= 0.3 is 0 Å². The summed E-state index contributed by atoms with van der Waals surface area (Å²) in [7, 11) is 0. The first-order valence-electron chi connectivity index (χ1n) is 3.90. The Morgan fingerprint density at radius 1 is 1.50 bits per heavy atom. The maximum Gasteiger partial charge on any atom is 0.162 e. The molecule has 4 nitrogen and oxygen atoms in total. The summed E-state index contributed by atoms with van der Waals surface area (Å²) in [6.45, 7) is 2.05. The van der Waals surface area contributed by atoms with E-state index >= 15 is 0 Å². The van der Waals surface area contributed by atoms with Crippen molar-refractivity contribution in [2.24, 2.45) is 0 Å². The van der Waals surface area contributed by atoms with Gasteiger partial charge in [0.2, 0.25) is 0 Å². The van der Waals surface area contributed by atoms with Crippen LogP contribution in [0.1, 0.15) is 12.7 Å². The van der Waals surface area contributed by atoms with Gasteiger partial charge in [0.25, 0.3) is 0 Å². The fraction of sp³-hybridized carbons (Fsp3) is 0.250. The molecular weight excluding hydrogens is 152 g/mol. The van der Waals surface area contributed by atoms with Gasteiger partial charge in [0, 0.05) is 24.4 Å². The highest BCUT2D eigenvalue weighted by atomic mass is 15.2. The van der Waals surface area contributed by atoms with Gasteiger partial charge in [0.05, 0.1) is 0 Å². The molecule has 62 valence electrons. The van der Waals surface area contributed by atoms with E-state index in [1.807, 2.05) is 29.7 Å². The molecule has 0 bridgehead atoms. The fourth-order valence-corrected chi connectivity index (χ4v) is 1.20. The summed E-state index contributed by atoms with van der Waals surface area (Å²) in [6, 6.07) is 3.65. The van der Waals surface area contributed by atoms with Crippen LogP contribution < -0.4 is 5.73 Å². The third-order valence-corrected chi connectivity index (χ3v) is 1.82. The van der Waals surface area contributed by atoms with E-state index in [2.05, 4.69) is 10.2 Å². The molecule has 0 aliphatic rings. The van der Waals surface area contributed by atoms with Crippen molar-refractivity contribution in [1.29, 1.82) is 0 Å². The summed E-state index contributed by atoms with van der Waals surface area (Å²) in [5.74, 6) is 0.963. The topological polar surface area (TPSA) is 56.2 Å². The molecule has 12 heavy (non-hydrogen) atoms. The number of anilines is 1. The zero-order valence-corrected chi connectivity index (χ0v) is 6.86. The molecule has 0 aliphatic carbocycles. The van der Waals surface area contributed by atoms with E-state index in [9.17, 15) is 0 Å². The number of aromatic nitrogens is 3. The van der Waals surface area contributed by atoms with E-state index in [1.165, 1.54) is 0 Å². The molecule has 2 aromatic heterocycles. The average Bonchev–Trinajstić information content (AvgIpc) is 2.46. The standard InChI is InChI=1S/C8H10N4/c1-2-7-10-11-8-5-6(9)3-4-12(7)8/h3-5H,2,9H2,1H3. The van der Waals surface area contributed by atoms with E-state index in [4.69, 9.17) is 5.73 Å². The van der Waals surface area contributed by atoms with Gasteiger partial charge in [-0.1, -0.05) is 6.92 Å². The number of hydrogen-bond donors (Lipinski definition) is 1. The maximum absolute atomic E-state index is 5.59. The van der Waals surface area contributed by atoms with Crippen LogP contribution in [0.15, 0.2) is 18.3 Å². The highest BCUT2D eigenvalue weighted by molar-refractivity contribution is 5.51. The minimum atomic E-state index is 0.720. The van der Waals surface area contributed by atoms with E-state index in [0.717, 1.165) is 23.6 Å². The van der Waals surface area contributed by atoms with Crippen LogP contribution in [0.5, 0.6) is 0 Å². The molecule has 0 saturated heterocycles. The summed E-state index contributed by atoms with van der Waals surface area (Å²) < 4.78 is 1.94. The van der Waals surface area contributed by atoms with Crippen LogP contribution in [0.3, 0.4) is 0 Å². The van der Waals surface area contributed by atoms with Crippen LogP contribution in [-0.4, -0.2) is 14.6 Å². The van der Waals surface area contributed by atoms with E-state index in [0.29, 0.717) is 0 Å². The third-order valence-electron chi connectivity index (χ3n) is 1.82. The van der Waals surface area contributed by atoms with E-state index < -0.39 is 0 Å². The highest BCUT2D eigenvalue weighted by Gasteiger charge is 2.01. The second kappa shape index (κ2) is 2.48. The average molecular weight is 162 g/mol. The summed E-state index contributed by atoms with van der Waals surface area (Å²) in [5, 5.41) is 8.00. The Hall–Kier alpha value is -1.58. The van der Waals surface area contributed by atoms with Crippen LogP contribution in [0.4, 0.5) is 5.69 Å². The van der Waals surface area contributed by atoms with Crippen molar-refractivity contribution in [3.63, 3.8) is 0 Å². The van der Waals surface area contributed by atoms with Crippen LogP contribution in [-0.2, 0) is 6.42 Å². The quantitative estimate of drug-likeness (QED) is 0.677. The monoisotopic (exact) mass is 162 g/mol. The van der Waals surface area contributed by atoms with Gasteiger partial charge in [-0.3, -0.25) is 4.40 Å². The normalized spacial score (nSPS) is 10.8. The number of fused-ring (bicyclic) bond motifs is 1. The molecule has 0 spiro atoms. The van der Waals surface area contributed by atoms with Gasteiger partial charge in [-0.2, -0.15) is 0 Å². The van der Waals surface area contributed by atoms with Gasteiger partial charge in [-0.25, -0.2) is 0 Å². The second-order valence-electron chi connectivity index (χ2n) is 2.66. The lowest BCUT2D eigenvalue weighted by atomic mass is 10.4. The number of aryl methyl sites for hydroxylation is 1. The van der Waals surface area contributed by atoms with Crippen LogP contribution in [0, 0.1) is 0 Å². The summed E-state index contributed by atoms with van der Waals surface area (Å²) >= 11 is 0. The van der Waals surface area contributed by atoms with Crippen molar-refractivity contribution in [2.75, 3.05) is 5.73 Å². The number of nitrogen functional groups attached to an aromatic ring is 1. The lowest BCUT2D eigenvalue weighted by Crippen LogP contribution is -1.93. The van der Waals surface area contributed by atoms with Crippen LogP contribution in [0.2, 0.25) is 0 Å². The zero-order valence-electron chi connectivity index (χ0n) is 6.86. The van der Waals surface area contributed by atoms with Gasteiger partial charge in [-0.15, -0.1) is 10.2 Å². The maximum atomic E-state index is 5.59. The Kier molecular flexibility index (Phi) is 1.46. The van der Waals surface area contributed by atoms with Gasteiger partial charge < -0.3 is 5.73 Å². The second-order valence-corrected chi connectivity index (χ2v) is 2.66. The molecule has 0 amide bonds. The van der Waals surface area contributed by atoms with Crippen molar-refractivity contribution in [1.82, 2.24) is 14.6 Å². The fourth-order valence-electron chi connectivity index (χ4n) is 1.20. The molecule has 2 aromatic rings. The molecule has 4 heteroatoms. The third kappa shape index (κ3) is 0.922. The SMILES string of the molecule is CCc1nnc2cc(N)ccn12. The lowest BCUT2D eigenvalue weighted by Gasteiger charge is -1.96. The molecule has 0 radical (unpaired) electrons. The van der Waals surface area contributed by atoms with Gasteiger partial charge in [0.15, 0.2) is 5.65 Å². The smallest absolute Gasteiger partial charge is 0.162 e. The molecule has 0 aliphatic heterocycles. The Morgan fingerprint density at radius 3 is 3.08 bits per heavy atom. The molecule has 0 fully saturated rings. The molecular formula is C8H10N4. The number of rotatable bonds is 1. The Labute approximate surface area is 70.0 Å². The first-order valence-corrected chi connectivity index (χ1v) is 3.90. The van der Waals surface area contributed by atoms with Gasteiger partial charge in [-0.05, 0) is 6.07 Å². The molecule has 0 aromatic carbocycles. The van der Waals surface area contributed by atoms with E-state index in [-0.39, 0.29) is 0 Å². The predicted octanol–water partition coefficient (Wildman–Crippen LogP) is 0.874. The predicted molar refractivity (Wildman–Crippen MR) is 46.8 cm³/mol. The largest absolute Gasteiger partial charge is 0.399 e. The first kappa shape index (κ1) is 7.09. The van der Waals surface area contributed by atoms with Crippen molar-refractivity contribution >= 4 is 11.3 Å². The summed E-state index contributed by atoms with van der Waals surface area (Å²) in [6.07, 6.45) is 2.77. The van der Waals surface area contributed by atoms with Crippen molar-refractivity contribution in [3.8, 4) is 0 Å². The molecule has 0 saturated carbocycles. The number of hydrogen-bond acceptors (Lipinski definition) is 3. The number of nitrogens with two attached hydrogens (primary N) is 1. The van der Waals surface area contributed by atoms with Crippen molar-refractivity contribution in [3.05, 3.63) is 24.2 Å². The summed E-state index contributed by atoms with van der Waals surface area (Å²) in [4.78, 5) is 0. The molecule has 2 heterocycles. The Morgan fingerprint density at radius 2 is 2.33 bits per heavy atom. The Balaban J connectivity index is 2.73. The lowest BCUT2D eigenvalue weighted by molar-refractivity contribution is 0.909. The minimum absolute atomic E-state index is 0.720. The number of nitrogens with zero attached hydrogens (tertiary/aromatic N) is 3. The first-order chi connectivity index (χ1) is 5.81. The number of pyridine rings is 1. The Bertz CT molecular complexity index is 404. The highest BCUT2D eigenvalue weighted by Crippen LogP contribution is 2.08. The summed E-state index contributed by atoms with van der Waals surface area (Å²) in [5.41, 5.74) is 7.13. The van der Waals surface area contributed by atoms with Crippen LogP contribution in [0.25, 0.3) is 5.65 Å². The molecule has 2 rings (SSSR count). The van der Waals surface area contributed by atoms with Crippen molar-refractivity contribution < 1.29 is 0 Å². The van der Waals surface area contributed by atoms with Gasteiger partial charge in [0.1, 0.15) is 5.82 Å². The molecule has 0 atom stereocenters. The molecule has 2 N–H and O–H groups in total.